The third kappa shape index (κ3) is 7.07. The van der Waals surface area contributed by atoms with Crippen LogP contribution in [0.1, 0.15) is 42.0 Å². The number of H-pyrrole nitrogens is 1. The standard InChI is InChI=1S/C37H39N11O7/c49-24-7-3-20(4-8-24)26(21-5-9-25(50)10-6-21)16-39-33-30-34(47(19-41-30)27-14-28(32(53)31(27)52)48-29(51)17-40-37(48)55)45-35(44-33)46-13-11-23(18-46)43-36(54)42-22-2-1-12-38-15-22/h1-10,12,15,17,19,23,26-28,31-32,49-53H,11,13-14,16,18H2,(H,40,55)(H,39,44,45)(H2,42,43,54)/t23-,27-,28+,31+,32-/m1/s1. The summed E-state index contributed by atoms with van der Waals surface area (Å²) in [5, 5.41) is 62.0. The molecule has 4 aromatic heterocycles. The summed E-state index contributed by atoms with van der Waals surface area (Å²) in [7, 11) is 0. The van der Waals surface area contributed by atoms with Gasteiger partial charge in [-0.15, -0.1) is 0 Å². The Bertz CT molecular complexity index is 2300. The molecule has 2 aromatic carbocycles. The minimum Gasteiger partial charge on any atom is -0.508 e. The molecule has 284 valence electrons. The number of aliphatic hydroxyl groups is 2. The van der Waals surface area contributed by atoms with Crippen LogP contribution in [-0.2, 0) is 0 Å². The van der Waals surface area contributed by atoms with Crippen molar-refractivity contribution in [2.24, 2.45) is 0 Å². The molecule has 1 aliphatic heterocycles. The number of hydrogen-bond donors (Lipinski definition) is 9. The highest BCUT2D eigenvalue weighted by molar-refractivity contribution is 5.89. The number of aliphatic hydroxyl groups excluding tert-OH is 2. The second-order valence-corrected chi connectivity index (χ2v) is 13.8. The van der Waals surface area contributed by atoms with Gasteiger partial charge in [-0.25, -0.2) is 14.6 Å². The molecule has 55 heavy (non-hydrogen) atoms. The second-order valence-electron chi connectivity index (χ2n) is 13.8. The Balaban J connectivity index is 1.12. The highest BCUT2D eigenvalue weighted by Crippen LogP contribution is 2.41. The zero-order valence-corrected chi connectivity index (χ0v) is 29.3. The number of aromatic amines is 1. The molecular weight excluding hydrogens is 710 g/mol. The minimum atomic E-state index is -1.39. The minimum absolute atomic E-state index is 0.0761. The van der Waals surface area contributed by atoms with Crippen molar-refractivity contribution in [3.63, 3.8) is 0 Å². The molecule has 0 radical (unpaired) electrons. The number of hydrogen-bond acceptors (Lipinski definition) is 13. The average molecular weight is 750 g/mol. The number of rotatable bonds is 10. The Labute approximate surface area is 312 Å². The van der Waals surface area contributed by atoms with Crippen LogP contribution < -0.4 is 26.5 Å². The topological polar surface area (TPSA) is 252 Å². The Kier molecular flexibility index (Phi) is 9.41. The normalized spacial score (nSPS) is 21.0. The maximum atomic E-state index is 12.8. The van der Waals surface area contributed by atoms with Gasteiger partial charge in [0.25, 0.3) is 0 Å². The number of carbonyl (C=O) groups is 1. The first-order valence-corrected chi connectivity index (χ1v) is 17.8. The van der Waals surface area contributed by atoms with Gasteiger partial charge >= 0.3 is 11.7 Å². The van der Waals surface area contributed by atoms with Gasteiger partial charge in [0.2, 0.25) is 11.8 Å². The van der Waals surface area contributed by atoms with Crippen molar-refractivity contribution in [2.45, 2.75) is 49.1 Å². The predicted molar refractivity (Wildman–Crippen MR) is 200 cm³/mol. The molecule has 8 rings (SSSR count). The first-order valence-electron chi connectivity index (χ1n) is 17.8. The van der Waals surface area contributed by atoms with E-state index in [1.54, 1.807) is 53.4 Å². The third-order valence-electron chi connectivity index (χ3n) is 10.3. The number of phenols is 2. The van der Waals surface area contributed by atoms with Crippen LogP contribution in [0.5, 0.6) is 17.4 Å². The van der Waals surface area contributed by atoms with E-state index >= 15 is 0 Å². The number of urea groups is 1. The van der Waals surface area contributed by atoms with Crippen molar-refractivity contribution < 1.29 is 30.3 Å². The summed E-state index contributed by atoms with van der Waals surface area (Å²) in [4.78, 5) is 48.2. The second kappa shape index (κ2) is 14.6. The van der Waals surface area contributed by atoms with E-state index in [1.807, 2.05) is 29.2 Å². The third-order valence-corrected chi connectivity index (χ3v) is 10.3. The zero-order valence-electron chi connectivity index (χ0n) is 29.3. The van der Waals surface area contributed by atoms with Gasteiger partial charge < -0.3 is 55.9 Å². The fraction of sp³-hybridized carbons (Fsp3) is 0.297. The average Bonchev–Trinajstić information content (AvgIpc) is 3.97. The highest BCUT2D eigenvalue weighted by Gasteiger charge is 2.45. The Morgan fingerprint density at radius 1 is 0.945 bits per heavy atom. The highest BCUT2D eigenvalue weighted by atomic mass is 16.3. The van der Waals surface area contributed by atoms with Crippen molar-refractivity contribution in [3.05, 3.63) is 107 Å². The molecule has 18 heteroatoms. The van der Waals surface area contributed by atoms with Crippen molar-refractivity contribution in [1.29, 1.82) is 0 Å². The molecule has 5 atom stereocenters. The fourth-order valence-electron chi connectivity index (χ4n) is 7.51. The first kappa shape index (κ1) is 35.4. The van der Waals surface area contributed by atoms with Gasteiger partial charge in [0.1, 0.15) is 23.7 Å². The van der Waals surface area contributed by atoms with Crippen LogP contribution in [0.15, 0.2) is 90.4 Å². The van der Waals surface area contributed by atoms with E-state index in [2.05, 4.69) is 30.9 Å². The molecule has 9 N–H and O–H groups in total. The van der Waals surface area contributed by atoms with E-state index < -0.39 is 30.0 Å². The maximum Gasteiger partial charge on any atom is 0.328 e. The summed E-state index contributed by atoms with van der Waals surface area (Å²) in [5.74, 6) is 0.353. The van der Waals surface area contributed by atoms with Crippen LogP contribution >= 0.6 is 0 Å². The van der Waals surface area contributed by atoms with Crippen LogP contribution in [0.4, 0.5) is 22.2 Å². The number of aromatic nitrogens is 7. The largest absolute Gasteiger partial charge is 0.508 e. The summed E-state index contributed by atoms with van der Waals surface area (Å²) in [6.07, 6.45) is 3.76. The molecule has 6 aromatic rings. The molecule has 2 fully saturated rings. The first-order chi connectivity index (χ1) is 26.6. The van der Waals surface area contributed by atoms with Gasteiger partial charge in [-0.3, -0.25) is 9.55 Å². The molecule has 0 unspecified atom stereocenters. The summed E-state index contributed by atoms with van der Waals surface area (Å²) >= 11 is 0. The van der Waals surface area contributed by atoms with Gasteiger partial charge in [-0.1, -0.05) is 24.3 Å². The van der Waals surface area contributed by atoms with Crippen LogP contribution in [0, 0.1) is 0 Å². The number of fused-ring (bicyclic) bond motifs is 1. The molecule has 2 amide bonds. The predicted octanol–water partition coefficient (Wildman–Crippen LogP) is 2.38. The van der Waals surface area contributed by atoms with Gasteiger partial charge in [0, 0.05) is 37.8 Å². The van der Waals surface area contributed by atoms with Gasteiger partial charge in [0.05, 0.1) is 36.5 Å². The monoisotopic (exact) mass is 749 g/mol. The molecular formula is C37H39N11O7. The Morgan fingerprint density at radius 3 is 2.31 bits per heavy atom. The number of anilines is 3. The molecule has 0 spiro atoms. The van der Waals surface area contributed by atoms with E-state index in [4.69, 9.17) is 9.97 Å². The van der Waals surface area contributed by atoms with Gasteiger partial charge in [-0.05, 0) is 60.4 Å². The van der Waals surface area contributed by atoms with Crippen molar-refractivity contribution in [2.75, 3.05) is 35.2 Å². The van der Waals surface area contributed by atoms with Crippen LogP contribution in [0.2, 0.25) is 0 Å². The van der Waals surface area contributed by atoms with E-state index in [9.17, 15) is 35.1 Å². The van der Waals surface area contributed by atoms with Crippen LogP contribution in [0.3, 0.4) is 0 Å². The summed E-state index contributed by atoms with van der Waals surface area (Å²) in [5.41, 5.74) is 2.46. The number of carbonyl (C=O) groups excluding carboxylic acids is 1. The van der Waals surface area contributed by atoms with E-state index in [0.717, 1.165) is 21.9 Å². The lowest BCUT2D eigenvalue weighted by Gasteiger charge is -2.22. The number of aromatic hydroxyl groups is 3. The fourth-order valence-corrected chi connectivity index (χ4v) is 7.51. The van der Waals surface area contributed by atoms with Crippen molar-refractivity contribution in [1.82, 2.24) is 39.4 Å². The van der Waals surface area contributed by atoms with Gasteiger partial charge in [-0.2, -0.15) is 9.97 Å². The molecule has 1 saturated heterocycles. The number of pyridine rings is 1. The van der Waals surface area contributed by atoms with Crippen LogP contribution in [-0.4, -0.2) is 104 Å². The zero-order chi connectivity index (χ0) is 38.2. The molecule has 5 heterocycles. The number of imidazole rings is 2. The quantitative estimate of drug-likeness (QED) is 0.0977. The van der Waals surface area contributed by atoms with E-state index in [1.165, 1.54) is 6.33 Å². The molecule has 1 saturated carbocycles. The Hall–Kier alpha value is -6.66. The number of benzene rings is 2. The smallest absolute Gasteiger partial charge is 0.328 e. The number of amides is 2. The van der Waals surface area contributed by atoms with Crippen molar-refractivity contribution >= 4 is 34.6 Å². The molecule has 0 bridgehead atoms. The summed E-state index contributed by atoms with van der Waals surface area (Å²) in [6.45, 7) is 1.23. The number of nitrogens with one attached hydrogen (secondary N) is 4. The number of nitrogens with zero attached hydrogens (tertiary/aromatic N) is 7. The molecule has 2 aliphatic rings. The molecule has 1 aliphatic carbocycles. The van der Waals surface area contributed by atoms with E-state index in [-0.39, 0.29) is 41.8 Å². The lowest BCUT2D eigenvalue weighted by molar-refractivity contribution is 0.00763. The van der Waals surface area contributed by atoms with Crippen LogP contribution in [0.25, 0.3) is 11.2 Å². The maximum absolute atomic E-state index is 12.8. The molecule has 18 nitrogen and oxygen atoms in total. The SMILES string of the molecule is O=C(Nc1cccnc1)N[C@@H]1CCN(c2nc(NCC(c3ccc(O)cc3)c3ccc(O)cc3)c3ncn([C@@H]4C[C@H](n5c(O)c[nH]c5=O)[C@@H](O)[C@H]4O)c3n2)C1. The van der Waals surface area contributed by atoms with Crippen molar-refractivity contribution in [3.8, 4) is 17.4 Å². The summed E-state index contributed by atoms with van der Waals surface area (Å²) in [6, 6.07) is 14.9. The summed E-state index contributed by atoms with van der Waals surface area (Å²) < 4.78 is 2.67. The van der Waals surface area contributed by atoms with E-state index in [0.29, 0.717) is 54.7 Å². The van der Waals surface area contributed by atoms with Gasteiger partial charge in [0.15, 0.2) is 17.0 Å². The number of phenolic OH excluding ortho intramolecular Hbond substituents is 2. The lowest BCUT2D eigenvalue weighted by Crippen LogP contribution is -2.40. The Morgan fingerprint density at radius 2 is 1.65 bits per heavy atom. The lowest BCUT2D eigenvalue weighted by atomic mass is 9.91.